The molecule has 0 saturated carbocycles. The van der Waals surface area contributed by atoms with Crippen molar-refractivity contribution in [3.05, 3.63) is 30.0 Å². The second-order valence-corrected chi connectivity index (χ2v) is 5.80. The Morgan fingerprint density at radius 3 is 2.88 bits per heavy atom. The highest BCUT2D eigenvalue weighted by molar-refractivity contribution is 6.03. The topological polar surface area (TPSA) is 64.5 Å². The first-order valence-corrected chi connectivity index (χ1v) is 8.53. The summed E-state index contributed by atoms with van der Waals surface area (Å²) < 4.78 is 11.0. The molecule has 0 amide bonds. The SMILES string of the molecule is CCOC(=O)c1nnc2ccccc2c1N1CCCC(OCC)C1. The van der Waals surface area contributed by atoms with Crippen molar-refractivity contribution in [1.82, 2.24) is 10.2 Å². The number of rotatable bonds is 5. The number of piperidine rings is 1. The van der Waals surface area contributed by atoms with Crippen LogP contribution in [0.2, 0.25) is 0 Å². The van der Waals surface area contributed by atoms with E-state index in [0.29, 0.717) is 13.2 Å². The molecule has 1 fully saturated rings. The van der Waals surface area contributed by atoms with Crippen molar-refractivity contribution < 1.29 is 14.3 Å². The Labute approximate surface area is 141 Å². The molecule has 1 aliphatic rings. The van der Waals surface area contributed by atoms with Crippen LogP contribution in [0.15, 0.2) is 24.3 Å². The van der Waals surface area contributed by atoms with Gasteiger partial charge in [0.15, 0.2) is 5.69 Å². The first-order chi connectivity index (χ1) is 11.7. The summed E-state index contributed by atoms with van der Waals surface area (Å²) in [5.41, 5.74) is 1.87. The molecule has 1 unspecified atom stereocenters. The van der Waals surface area contributed by atoms with Gasteiger partial charge >= 0.3 is 5.97 Å². The van der Waals surface area contributed by atoms with E-state index in [-0.39, 0.29) is 11.8 Å². The standard InChI is InChI=1S/C18H23N3O3/c1-3-23-13-8-7-11-21(12-13)17-14-9-5-6-10-15(14)19-20-16(17)18(22)24-4-2/h5-6,9-10,13H,3-4,7-8,11-12H2,1-2H3. The van der Waals surface area contributed by atoms with Gasteiger partial charge in [0.25, 0.3) is 0 Å². The lowest BCUT2D eigenvalue weighted by Crippen LogP contribution is -2.40. The lowest BCUT2D eigenvalue weighted by molar-refractivity contribution is 0.0500. The normalized spacial score (nSPS) is 17.9. The highest BCUT2D eigenvalue weighted by Gasteiger charge is 2.27. The third kappa shape index (κ3) is 3.33. The molecule has 0 radical (unpaired) electrons. The molecule has 24 heavy (non-hydrogen) atoms. The maximum Gasteiger partial charge on any atom is 0.361 e. The first-order valence-electron chi connectivity index (χ1n) is 8.53. The highest BCUT2D eigenvalue weighted by atomic mass is 16.5. The van der Waals surface area contributed by atoms with Crippen LogP contribution in [-0.4, -0.2) is 48.6 Å². The third-order valence-electron chi connectivity index (χ3n) is 4.21. The number of esters is 1. The molecule has 6 nitrogen and oxygen atoms in total. The lowest BCUT2D eigenvalue weighted by Gasteiger charge is -2.35. The van der Waals surface area contributed by atoms with Crippen LogP contribution in [0.5, 0.6) is 0 Å². The van der Waals surface area contributed by atoms with Gasteiger partial charge in [0, 0.05) is 25.1 Å². The van der Waals surface area contributed by atoms with Gasteiger partial charge < -0.3 is 14.4 Å². The van der Waals surface area contributed by atoms with Crippen molar-refractivity contribution in [2.75, 3.05) is 31.2 Å². The Morgan fingerprint density at radius 2 is 2.08 bits per heavy atom. The smallest absolute Gasteiger partial charge is 0.361 e. The predicted molar refractivity (Wildman–Crippen MR) is 92.4 cm³/mol. The van der Waals surface area contributed by atoms with Gasteiger partial charge in [-0.25, -0.2) is 4.79 Å². The summed E-state index contributed by atoms with van der Waals surface area (Å²) in [4.78, 5) is 14.6. The second kappa shape index (κ2) is 7.57. The molecule has 1 atom stereocenters. The number of nitrogens with zero attached hydrogens (tertiary/aromatic N) is 3. The van der Waals surface area contributed by atoms with Crippen molar-refractivity contribution in [3.63, 3.8) is 0 Å². The predicted octanol–water partition coefficient (Wildman–Crippen LogP) is 2.81. The number of carbonyl (C=O) groups excluding carboxylic acids is 1. The van der Waals surface area contributed by atoms with E-state index >= 15 is 0 Å². The van der Waals surface area contributed by atoms with E-state index in [9.17, 15) is 4.79 Å². The number of benzene rings is 1. The molecular weight excluding hydrogens is 306 g/mol. The maximum absolute atomic E-state index is 12.4. The fourth-order valence-corrected chi connectivity index (χ4v) is 3.21. The zero-order valence-electron chi connectivity index (χ0n) is 14.2. The molecule has 0 aliphatic carbocycles. The second-order valence-electron chi connectivity index (χ2n) is 5.80. The van der Waals surface area contributed by atoms with Crippen molar-refractivity contribution in [2.45, 2.75) is 32.8 Å². The third-order valence-corrected chi connectivity index (χ3v) is 4.21. The van der Waals surface area contributed by atoms with Gasteiger partial charge in [0.05, 0.1) is 23.9 Å². The fourth-order valence-electron chi connectivity index (χ4n) is 3.21. The summed E-state index contributed by atoms with van der Waals surface area (Å²) in [5, 5.41) is 9.27. The number of aromatic nitrogens is 2. The Balaban J connectivity index is 2.05. The molecule has 1 aromatic heterocycles. The number of hydrogen-bond donors (Lipinski definition) is 0. The first kappa shape index (κ1) is 16.6. The summed E-state index contributed by atoms with van der Waals surface area (Å²) in [5.74, 6) is -0.427. The average Bonchev–Trinajstić information content (AvgIpc) is 2.61. The van der Waals surface area contributed by atoms with Gasteiger partial charge in [0.2, 0.25) is 0 Å². The number of anilines is 1. The molecule has 2 aromatic rings. The molecule has 0 bridgehead atoms. The number of ether oxygens (including phenoxy) is 2. The van der Waals surface area contributed by atoms with Crippen molar-refractivity contribution >= 4 is 22.6 Å². The number of hydrogen-bond acceptors (Lipinski definition) is 6. The molecule has 0 spiro atoms. The van der Waals surface area contributed by atoms with E-state index in [2.05, 4.69) is 15.1 Å². The quantitative estimate of drug-likeness (QED) is 0.786. The van der Waals surface area contributed by atoms with Gasteiger partial charge in [-0.1, -0.05) is 18.2 Å². The van der Waals surface area contributed by atoms with Gasteiger partial charge in [-0.2, -0.15) is 0 Å². The Kier molecular flexibility index (Phi) is 5.25. The van der Waals surface area contributed by atoms with Crippen molar-refractivity contribution in [3.8, 4) is 0 Å². The van der Waals surface area contributed by atoms with Crippen LogP contribution < -0.4 is 4.90 Å². The van der Waals surface area contributed by atoms with E-state index in [0.717, 1.165) is 42.5 Å². The largest absolute Gasteiger partial charge is 0.461 e. The van der Waals surface area contributed by atoms with E-state index < -0.39 is 5.97 Å². The summed E-state index contributed by atoms with van der Waals surface area (Å²) >= 11 is 0. The minimum atomic E-state index is -0.427. The highest BCUT2D eigenvalue weighted by Crippen LogP contribution is 2.31. The summed E-state index contributed by atoms with van der Waals surface area (Å²) in [6.45, 7) is 6.42. The van der Waals surface area contributed by atoms with Crippen LogP contribution >= 0.6 is 0 Å². The Morgan fingerprint density at radius 1 is 1.25 bits per heavy atom. The summed E-state index contributed by atoms with van der Waals surface area (Å²) in [6.07, 6.45) is 2.23. The molecule has 6 heteroatoms. The molecule has 1 saturated heterocycles. The Bertz CT molecular complexity index is 718. The van der Waals surface area contributed by atoms with Crippen LogP contribution in [0.1, 0.15) is 37.2 Å². The number of fused-ring (bicyclic) bond motifs is 1. The van der Waals surface area contributed by atoms with E-state index in [1.807, 2.05) is 31.2 Å². The molecule has 0 N–H and O–H groups in total. The minimum Gasteiger partial charge on any atom is -0.461 e. The monoisotopic (exact) mass is 329 g/mol. The van der Waals surface area contributed by atoms with Crippen molar-refractivity contribution in [2.24, 2.45) is 0 Å². The zero-order valence-corrected chi connectivity index (χ0v) is 14.2. The maximum atomic E-state index is 12.4. The average molecular weight is 329 g/mol. The van der Waals surface area contributed by atoms with E-state index in [1.54, 1.807) is 6.92 Å². The zero-order chi connectivity index (χ0) is 16.9. The van der Waals surface area contributed by atoms with E-state index in [1.165, 1.54) is 0 Å². The number of carbonyl (C=O) groups is 1. The van der Waals surface area contributed by atoms with E-state index in [4.69, 9.17) is 9.47 Å². The fraction of sp³-hybridized carbons (Fsp3) is 0.500. The summed E-state index contributed by atoms with van der Waals surface area (Å²) in [7, 11) is 0. The van der Waals surface area contributed by atoms with Gasteiger partial charge in [0.1, 0.15) is 0 Å². The molecule has 128 valence electrons. The van der Waals surface area contributed by atoms with Crippen LogP contribution in [-0.2, 0) is 9.47 Å². The van der Waals surface area contributed by atoms with Crippen LogP contribution in [0, 0.1) is 0 Å². The molecular formula is C18H23N3O3. The summed E-state index contributed by atoms with van der Waals surface area (Å²) in [6, 6.07) is 7.76. The van der Waals surface area contributed by atoms with Gasteiger partial charge in [-0.05, 0) is 32.8 Å². The van der Waals surface area contributed by atoms with Crippen molar-refractivity contribution in [1.29, 1.82) is 0 Å². The van der Waals surface area contributed by atoms with Gasteiger partial charge in [-0.3, -0.25) is 0 Å². The van der Waals surface area contributed by atoms with Gasteiger partial charge in [-0.15, -0.1) is 10.2 Å². The molecule has 1 aromatic carbocycles. The minimum absolute atomic E-state index is 0.172. The molecule has 1 aliphatic heterocycles. The van der Waals surface area contributed by atoms with Crippen LogP contribution in [0.25, 0.3) is 10.9 Å². The van der Waals surface area contributed by atoms with Crippen LogP contribution in [0.4, 0.5) is 5.69 Å². The molecule has 2 heterocycles. The lowest BCUT2D eigenvalue weighted by atomic mass is 10.0. The Hall–Kier alpha value is -2.21. The molecule has 3 rings (SSSR count). The van der Waals surface area contributed by atoms with Crippen LogP contribution in [0.3, 0.4) is 0 Å².